The van der Waals surface area contributed by atoms with E-state index >= 15 is 0 Å². The fourth-order valence-electron chi connectivity index (χ4n) is 2.39. The van der Waals surface area contributed by atoms with Crippen LogP contribution < -0.4 is 10.6 Å². The molecule has 0 bridgehead atoms. The van der Waals surface area contributed by atoms with Gasteiger partial charge in [-0.1, -0.05) is 18.1 Å². The Morgan fingerprint density at radius 2 is 2.32 bits per heavy atom. The fraction of sp³-hybridized carbons (Fsp3) is 0.538. The van der Waals surface area contributed by atoms with Crippen LogP contribution in [-0.4, -0.2) is 53.7 Å². The number of amidine groups is 1. The number of hydrogen-bond donors (Lipinski definition) is 2. The lowest BCUT2D eigenvalue weighted by molar-refractivity contribution is 0.213. The van der Waals surface area contributed by atoms with E-state index in [9.17, 15) is 0 Å². The molecule has 1 saturated heterocycles. The average molecular weight is 263 g/mol. The van der Waals surface area contributed by atoms with Crippen LogP contribution in [0.1, 0.15) is 19.0 Å². The lowest BCUT2D eigenvalue weighted by Gasteiger charge is -2.39. The molecule has 0 spiro atoms. The monoisotopic (exact) mass is 263 g/mol. The Morgan fingerprint density at radius 1 is 1.53 bits per heavy atom. The summed E-state index contributed by atoms with van der Waals surface area (Å²) >= 11 is 0. The second kappa shape index (κ2) is 5.88. The number of pyridine rings is 1. The summed E-state index contributed by atoms with van der Waals surface area (Å²) in [6, 6.07) is 6.13. The van der Waals surface area contributed by atoms with Gasteiger partial charge in [0.15, 0.2) is 5.84 Å². The normalized spacial score (nSPS) is 21.7. The molecule has 1 fully saturated rings. The van der Waals surface area contributed by atoms with Crippen molar-refractivity contribution in [2.24, 2.45) is 10.9 Å². The number of rotatable bonds is 3. The van der Waals surface area contributed by atoms with Gasteiger partial charge >= 0.3 is 0 Å². The zero-order valence-corrected chi connectivity index (χ0v) is 11.5. The summed E-state index contributed by atoms with van der Waals surface area (Å²) in [4.78, 5) is 9.08. The number of nitrogens with zero attached hydrogens (tertiary/aromatic N) is 4. The van der Waals surface area contributed by atoms with Crippen LogP contribution in [0.15, 0.2) is 23.4 Å². The molecule has 104 valence electrons. The van der Waals surface area contributed by atoms with Gasteiger partial charge in [-0.3, -0.25) is 4.90 Å². The zero-order chi connectivity index (χ0) is 13.8. The molecule has 3 N–H and O–H groups in total. The van der Waals surface area contributed by atoms with Gasteiger partial charge in [0.1, 0.15) is 11.5 Å². The Morgan fingerprint density at radius 3 is 3.00 bits per heavy atom. The molecule has 1 unspecified atom stereocenters. The van der Waals surface area contributed by atoms with Crippen LogP contribution in [0.5, 0.6) is 0 Å². The predicted octanol–water partition coefficient (Wildman–Crippen LogP) is 0.707. The van der Waals surface area contributed by atoms with E-state index in [0.717, 1.165) is 31.9 Å². The molecular weight excluding hydrogens is 242 g/mol. The van der Waals surface area contributed by atoms with Gasteiger partial charge in [0.2, 0.25) is 0 Å². The largest absolute Gasteiger partial charge is 0.409 e. The summed E-state index contributed by atoms with van der Waals surface area (Å²) in [6.07, 6.45) is 1.12. The average Bonchev–Trinajstić information content (AvgIpc) is 2.47. The molecule has 19 heavy (non-hydrogen) atoms. The Kier molecular flexibility index (Phi) is 4.21. The Balaban J connectivity index is 2.18. The maximum Gasteiger partial charge on any atom is 0.188 e. The molecule has 6 heteroatoms. The number of hydrogen-bond acceptors (Lipinski definition) is 5. The molecule has 1 atom stereocenters. The van der Waals surface area contributed by atoms with E-state index < -0.39 is 0 Å². The summed E-state index contributed by atoms with van der Waals surface area (Å²) in [7, 11) is 2.16. The van der Waals surface area contributed by atoms with Crippen molar-refractivity contribution in [2.45, 2.75) is 19.4 Å². The SMILES string of the molecule is CCC1CN(c2cccc(C(N)=NO)n2)CCN1C. The van der Waals surface area contributed by atoms with Crippen molar-refractivity contribution in [1.29, 1.82) is 0 Å². The minimum absolute atomic E-state index is 0.0445. The van der Waals surface area contributed by atoms with Crippen LogP contribution >= 0.6 is 0 Å². The molecule has 1 aliphatic rings. The quantitative estimate of drug-likeness (QED) is 0.363. The van der Waals surface area contributed by atoms with Crippen molar-refractivity contribution in [2.75, 3.05) is 31.6 Å². The third kappa shape index (κ3) is 2.96. The van der Waals surface area contributed by atoms with Crippen LogP contribution in [0.2, 0.25) is 0 Å². The Bertz CT molecular complexity index is 462. The summed E-state index contributed by atoms with van der Waals surface area (Å²) in [5.41, 5.74) is 6.09. The van der Waals surface area contributed by atoms with Crippen LogP contribution in [-0.2, 0) is 0 Å². The molecule has 2 rings (SSSR count). The van der Waals surface area contributed by atoms with Gasteiger partial charge < -0.3 is 15.8 Å². The molecule has 0 aromatic carbocycles. The number of aromatic nitrogens is 1. The van der Waals surface area contributed by atoms with E-state index in [2.05, 4.69) is 33.9 Å². The van der Waals surface area contributed by atoms with Crippen molar-refractivity contribution in [3.8, 4) is 0 Å². The van der Waals surface area contributed by atoms with Crippen LogP contribution in [0.4, 0.5) is 5.82 Å². The molecular formula is C13H21N5O. The summed E-state index contributed by atoms with van der Waals surface area (Å²) in [5.74, 6) is 0.929. The maximum absolute atomic E-state index is 8.71. The first kappa shape index (κ1) is 13.6. The highest BCUT2D eigenvalue weighted by molar-refractivity contribution is 5.95. The lowest BCUT2D eigenvalue weighted by Crippen LogP contribution is -2.51. The molecule has 0 amide bonds. The minimum atomic E-state index is 0.0445. The number of piperazine rings is 1. The minimum Gasteiger partial charge on any atom is -0.409 e. The van der Waals surface area contributed by atoms with E-state index in [1.165, 1.54) is 0 Å². The van der Waals surface area contributed by atoms with Gasteiger partial charge in [-0.25, -0.2) is 4.98 Å². The van der Waals surface area contributed by atoms with E-state index in [0.29, 0.717) is 11.7 Å². The Hall–Kier alpha value is -1.82. The smallest absolute Gasteiger partial charge is 0.188 e. The molecule has 6 nitrogen and oxygen atoms in total. The maximum atomic E-state index is 8.71. The van der Waals surface area contributed by atoms with Gasteiger partial charge in [0.05, 0.1) is 0 Å². The van der Waals surface area contributed by atoms with E-state index in [1.54, 1.807) is 6.07 Å². The van der Waals surface area contributed by atoms with Gasteiger partial charge in [0.25, 0.3) is 0 Å². The third-order valence-corrected chi connectivity index (χ3v) is 3.68. The van der Waals surface area contributed by atoms with Crippen LogP contribution in [0.3, 0.4) is 0 Å². The first-order chi connectivity index (χ1) is 9.15. The van der Waals surface area contributed by atoms with Gasteiger partial charge in [0, 0.05) is 25.7 Å². The highest BCUT2D eigenvalue weighted by Gasteiger charge is 2.23. The molecule has 0 saturated carbocycles. The van der Waals surface area contributed by atoms with Crippen molar-refractivity contribution < 1.29 is 5.21 Å². The molecule has 1 aromatic heterocycles. The molecule has 2 heterocycles. The number of likely N-dealkylation sites (N-methyl/N-ethyl adjacent to an activating group) is 1. The summed E-state index contributed by atoms with van der Waals surface area (Å²) < 4.78 is 0. The van der Waals surface area contributed by atoms with E-state index in [-0.39, 0.29) is 5.84 Å². The topological polar surface area (TPSA) is 78.0 Å². The lowest BCUT2D eigenvalue weighted by atomic mass is 10.1. The first-order valence-corrected chi connectivity index (χ1v) is 6.55. The zero-order valence-electron chi connectivity index (χ0n) is 11.5. The Labute approximate surface area is 113 Å². The van der Waals surface area contributed by atoms with E-state index in [4.69, 9.17) is 10.9 Å². The van der Waals surface area contributed by atoms with Crippen molar-refractivity contribution in [3.05, 3.63) is 23.9 Å². The highest BCUT2D eigenvalue weighted by atomic mass is 16.4. The third-order valence-electron chi connectivity index (χ3n) is 3.68. The fourth-order valence-corrected chi connectivity index (χ4v) is 2.39. The molecule has 0 aliphatic carbocycles. The molecule has 1 aromatic rings. The molecule has 1 aliphatic heterocycles. The summed E-state index contributed by atoms with van der Waals surface area (Å²) in [6.45, 7) is 5.12. The van der Waals surface area contributed by atoms with Gasteiger partial charge in [-0.15, -0.1) is 0 Å². The summed E-state index contributed by atoms with van der Waals surface area (Å²) in [5, 5.41) is 11.7. The van der Waals surface area contributed by atoms with Crippen LogP contribution in [0.25, 0.3) is 0 Å². The second-order valence-electron chi connectivity index (χ2n) is 4.85. The number of nitrogens with two attached hydrogens (primary N) is 1. The van der Waals surface area contributed by atoms with Crippen molar-refractivity contribution in [1.82, 2.24) is 9.88 Å². The second-order valence-corrected chi connectivity index (χ2v) is 4.85. The van der Waals surface area contributed by atoms with Gasteiger partial charge in [-0.2, -0.15) is 0 Å². The number of anilines is 1. The first-order valence-electron chi connectivity index (χ1n) is 6.55. The van der Waals surface area contributed by atoms with Crippen LogP contribution in [0, 0.1) is 0 Å². The van der Waals surface area contributed by atoms with Crippen molar-refractivity contribution in [3.63, 3.8) is 0 Å². The molecule has 0 radical (unpaired) electrons. The van der Waals surface area contributed by atoms with Gasteiger partial charge in [-0.05, 0) is 25.6 Å². The number of oxime groups is 1. The van der Waals surface area contributed by atoms with Crippen molar-refractivity contribution >= 4 is 11.7 Å². The standard InChI is InChI=1S/C13H21N5O/c1-3-10-9-18(8-7-17(10)2)12-6-4-5-11(15-12)13(14)16-19/h4-6,10,19H,3,7-9H2,1-2H3,(H2,14,16). The highest BCUT2D eigenvalue weighted by Crippen LogP contribution is 2.18. The predicted molar refractivity (Wildman–Crippen MR) is 75.7 cm³/mol. The van der Waals surface area contributed by atoms with E-state index in [1.807, 2.05) is 12.1 Å².